The molecule has 0 aliphatic carbocycles. The summed E-state index contributed by atoms with van der Waals surface area (Å²) in [6.45, 7) is 5.31. The van der Waals surface area contributed by atoms with Crippen molar-refractivity contribution in [2.45, 2.75) is 20.4 Å². The molecule has 124 valence electrons. The van der Waals surface area contributed by atoms with E-state index >= 15 is 0 Å². The Kier molecular flexibility index (Phi) is 2.56. The first-order valence-electron chi connectivity index (χ1n) is 9.16. The summed E-state index contributed by atoms with van der Waals surface area (Å²) in [6.07, 6.45) is 4.44. The zero-order chi connectivity index (χ0) is 17.4. The molecule has 2 nitrogen and oxygen atoms in total. The van der Waals surface area contributed by atoms with Gasteiger partial charge in [-0.25, -0.2) is 4.57 Å². The topological polar surface area (TPSA) is 8.29 Å². The molecule has 0 bridgehead atoms. The highest BCUT2D eigenvalue weighted by molar-refractivity contribution is 6.16. The van der Waals surface area contributed by atoms with E-state index in [1.165, 1.54) is 55.1 Å². The highest BCUT2D eigenvalue weighted by Crippen LogP contribution is 2.38. The molecule has 0 atom stereocenters. The van der Waals surface area contributed by atoms with Crippen LogP contribution >= 0.6 is 0 Å². The van der Waals surface area contributed by atoms with E-state index in [2.05, 4.69) is 89.8 Å². The third-order valence-electron chi connectivity index (χ3n) is 5.76. The van der Waals surface area contributed by atoms with Crippen molar-refractivity contribution < 1.29 is 4.57 Å². The van der Waals surface area contributed by atoms with Crippen LogP contribution in [0.15, 0.2) is 67.0 Å². The van der Waals surface area contributed by atoms with E-state index < -0.39 is 0 Å². The number of hydrogen-bond donors (Lipinski definition) is 0. The Labute approximate surface area is 151 Å². The van der Waals surface area contributed by atoms with Gasteiger partial charge >= 0.3 is 0 Å². The van der Waals surface area contributed by atoms with Gasteiger partial charge in [-0.1, -0.05) is 48.0 Å². The van der Waals surface area contributed by atoms with Gasteiger partial charge < -0.3 is 0 Å². The lowest BCUT2D eigenvalue weighted by Crippen LogP contribution is -2.28. The van der Waals surface area contributed by atoms with Crippen molar-refractivity contribution in [3.8, 4) is 11.1 Å². The van der Waals surface area contributed by atoms with Crippen LogP contribution in [0.25, 0.3) is 38.4 Å². The molecule has 0 unspecified atom stereocenters. The lowest BCUT2D eigenvalue weighted by atomic mass is 9.95. The van der Waals surface area contributed by atoms with Crippen molar-refractivity contribution in [2.24, 2.45) is 0 Å². The molecule has 0 amide bonds. The Bertz CT molecular complexity index is 1350. The first kappa shape index (κ1) is 14.1. The third kappa shape index (κ3) is 1.69. The monoisotopic (exact) mass is 335 g/mol. The third-order valence-corrected chi connectivity index (χ3v) is 5.76. The van der Waals surface area contributed by atoms with Gasteiger partial charge in [0.05, 0.1) is 5.39 Å². The largest absolute Gasteiger partial charge is 0.295 e. The standard InChI is InChI=1S/C24H19N2/c1-15-6-8-17(9-7-15)20-12-16(2)13-21-19-5-3-4-18-14-25-10-11-26(23(20)21)24(25)22(18)19/h3-13H,14H2,1-2H3/q+1. The number of pyridine rings is 1. The van der Waals surface area contributed by atoms with Gasteiger partial charge in [0.25, 0.3) is 5.65 Å². The van der Waals surface area contributed by atoms with Crippen LogP contribution in [0.3, 0.4) is 0 Å². The fourth-order valence-electron chi connectivity index (χ4n) is 4.60. The Morgan fingerprint density at radius 1 is 0.885 bits per heavy atom. The van der Waals surface area contributed by atoms with Crippen molar-refractivity contribution in [1.29, 1.82) is 0 Å². The minimum absolute atomic E-state index is 0.971. The molecule has 0 radical (unpaired) electrons. The summed E-state index contributed by atoms with van der Waals surface area (Å²) >= 11 is 0. The molecule has 0 saturated heterocycles. The van der Waals surface area contributed by atoms with Crippen LogP contribution in [-0.2, 0) is 6.54 Å². The average Bonchev–Trinajstić information content (AvgIpc) is 3.21. The van der Waals surface area contributed by atoms with E-state index in [0.717, 1.165) is 6.54 Å². The molecule has 6 rings (SSSR count). The number of aryl methyl sites for hydroxylation is 2. The second-order valence-electron chi connectivity index (χ2n) is 7.53. The Balaban J connectivity index is 1.89. The maximum Gasteiger partial charge on any atom is 0.295 e. The number of aromatic nitrogens is 2. The molecular weight excluding hydrogens is 316 g/mol. The summed E-state index contributed by atoms with van der Waals surface area (Å²) in [5.41, 5.74) is 9.24. The van der Waals surface area contributed by atoms with E-state index in [1.807, 2.05) is 0 Å². The summed E-state index contributed by atoms with van der Waals surface area (Å²) in [5.74, 6) is 0. The van der Waals surface area contributed by atoms with Crippen molar-refractivity contribution in [2.75, 3.05) is 0 Å². The van der Waals surface area contributed by atoms with E-state index in [0.29, 0.717) is 0 Å². The van der Waals surface area contributed by atoms with Crippen molar-refractivity contribution in [3.63, 3.8) is 0 Å². The Hall–Kier alpha value is -3.13. The highest BCUT2D eigenvalue weighted by atomic mass is 15.1. The van der Waals surface area contributed by atoms with Crippen molar-refractivity contribution in [3.05, 3.63) is 83.7 Å². The Morgan fingerprint density at radius 3 is 2.58 bits per heavy atom. The number of rotatable bonds is 1. The van der Waals surface area contributed by atoms with Gasteiger partial charge in [0.2, 0.25) is 0 Å². The van der Waals surface area contributed by atoms with Gasteiger partial charge in [-0.15, -0.1) is 0 Å². The fraction of sp³-hybridized carbons (Fsp3) is 0.125. The van der Waals surface area contributed by atoms with Gasteiger partial charge in [0, 0.05) is 21.9 Å². The summed E-state index contributed by atoms with van der Waals surface area (Å²) in [4.78, 5) is 0. The average molecular weight is 335 g/mol. The van der Waals surface area contributed by atoms with Crippen LogP contribution < -0.4 is 4.57 Å². The van der Waals surface area contributed by atoms with Crippen LogP contribution in [-0.4, -0.2) is 4.40 Å². The molecule has 0 N–H and O–H groups in total. The maximum absolute atomic E-state index is 2.39. The van der Waals surface area contributed by atoms with E-state index in [-0.39, 0.29) is 0 Å². The van der Waals surface area contributed by atoms with Crippen LogP contribution in [0.2, 0.25) is 0 Å². The molecule has 3 aromatic carbocycles. The molecule has 5 aromatic rings. The van der Waals surface area contributed by atoms with Gasteiger partial charge in [-0.05, 0) is 37.1 Å². The summed E-state index contributed by atoms with van der Waals surface area (Å²) in [5, 5.41) is 4.12. The normalized spacial score (nSPS) is 12.8. The number of imidazole rings is 1. The summed E-state index contributed by atoms with van der Waals surface area (Å²) < 4.78 is 4.76. The molecule has 1 aliphatic rings. The number of hydrogen-bond acceptors (Lipinski definition) is 0. The van der Waals surface area contributed by atoms with E-state index in [9.17, 15) is 0 Å². The molecule has 2 heteroatoms. The van der Waals surface area contributed by atoms with Gasteiger partial charge in [-0.2, -0.15) is 4.40 Å². The lowest BCUT2D eigenvalue weighted by Gasteiger charge is -2.10. The molecule has 2 aromatic heterocycles. The van der Waals surface area contributed by atoms with Crippen molar-refractivity contribution in [1.82, 2.24) is 4.40 Å². The quantitative estimate of drug-likeness (QED) is 0.289. The zero-order valence-electron chi connectivity index (χ0n) is 15.0. The zero-order valence-corrected chi connectivity index (χ0v) is 15.0. The summed E-state index contributed by atoms with van der Waals surface area (Å²) in [7, 11) is 0. The van der Waals surface area contributed by atoms with Crippen LogP contribution in [0.4, 0.5) is 0 Å². The molecule has 1 aliphatic heterocycles. The lowest BCUT2D eigenvalue weighted by molar-refractivity contribution is -0.657. The van der Waals surface area contributed by atoms with E-state index in [1.54, 1.807) is 0 Å². The number of fused-ring (bicyclic) bond motifs is 3. The number of nitrogens with zero attached hydrogens (tertiary/aromatic N) is 2. The molecule has 0 fully saturated rings. The fourth-order valence-corrected chi connectivity index (χ4v) is 4.60. The molecule has 0 spiro atoms. The van der Waals surface area contributed by atoms with Gasteiger partial charge in [0.15, 0.2) is 0 Å². The molecular formula is C24H19N2+. The van der Waals surface area contributed by atoms with Gasteiger partial charge in [0.1, 0.15) is 24.5 Å². The van der Waals surface area contributed by atoms with Crippen LogP contribution in [0.1, 0.15) is 16.7 Å². The minimum Gasteiger partial charge on any atom is -0.225 e. The molecule has 3 heterocycles. The predicted molar refractivity (Wildman–Crippen MR) is 107 cm³/mol. The van der Waals surface area contributed by atoms with E-state index in [4.69, 9.17) is 0 Å². The predicted octanol–water partition coefficient (Wildman–Crippen LogP) is 5.18. The number of benzene rings is 3. The molecule has 0 saturated carbocycles. The van der Waals surface area contributed by atoms with Gasteiger partial charge in [-0.3, -0.25) is 0 Å². The molecule has 26 heavy (non-hydrogen) atoms. The van der Waals surface area contributed by atoms with Crippen molar-refractivity contribution >= 4 is 27.3 Å². The smallest absolute Gasteiger partial charge is 0.225 e. The second kappa shape index (κ2) is 4.73. The summed E-state index contributed by atoms with van der Waals surface area (Å²) in [6, 6.07) is 20.3. The van der Waals surface area contributed by atoms with Crippen LogP contribution in [0, 0.1) is 13.8 Å². The maximum atomic E-state index is 2.39. The highest BCUT2D eigenvalue weighted by Gasteiger charge is 2.28. The minimum atomic E-state index is 0.971. The second-order valence-corrected chi connectivity index (χ2v) is 7.53. The Morgan fingerprint density at radius 2 is 1.73 bits per heavy atom. The first-order valence-corrected chi connectivity index (χ1v) is 9.16. The first-order chi connectivity index (χ1) is 12.7. The van der Waals surface area contributed by atoms with Crippen LogP contribution in [0.5, 0.6) is 0 Å². The SMILES string of the molecule is Cc1ccc(-c2cc(C)cc3c4cccc5c4c4n(cc[n+]4C5)c23)cc1.